The van der Waals surface area contributed by atoms with E-state index in [9.17, 15) is 0 Å². The Kier molecular flexibility index (Phi) is 3.58. The van der Waals surface area contributed by atoms with E-state index >= 15 is 0 Å². The quantitative estimate of drug-likeness (QED) is 0.388. The van der Waals surface area contributed by atoms with Crippen LogP contribution in [-0.4, -0.2) is 80.1 Å². The van der Waals surface area contributed by atoms with Crippen molar-refractivity contribution >= 4 is 69.1 Å². The van der Waals surface area contributed by atoms with Crippen molar-refractivity contribution in [3.05, 3.63) is 29.6 Å². The van der Waals surface area contributed by atoms with Gasteiger partial charge in [-0.1, -0.05) is 0 Å². The van der Waals surface area contributed by atoms with Crippen molar-refractivity contribution in [2.75, 3.05) is 3.13 Å². The average molecular weight is 622 g/mol. The summed E-state index contributed by atoms with van der Waals surface area (Å²) in [5.74, 6) is 0.912. The van der Waals surface area contributed by atoms with Gasteiger partial charge in [0.2, 0.25) is 0 Å². The van der Waals surface area contributed by atoms with Crippen molar-refractivity contribution in [3.63, 3.8) is 0 Å². The van der Waals surface area contributed by atoms with Crippen LogP contribution in [0.15, 0.2) is 18.5 Å². The number of aromatic amines is 1. The number of rotatable bonds is 3. The molecule has 0 aromatic carbocycles. The van der Waals surface area contributed by atoms with Gasteiger partial charge in [-0.25, -0.2) is 0 Å². The van der Waals surface area contributed by atoms with Gasteiger partial charge in [-0.05, 0) is 0 Å². The SMILES string of the molecule is [Tl][NH]c1cc(Cc2cn[nH]c2)c2nn[n]([Tl])c2n1. The number of aromatic nitrogens is 6. The van der Waals surface area contributed by atoms with Crippen LogP contribution < -0.4 is 3.13 Å². The summed E-state index contributed by atoms with van der Waals surface area (Å²) >= 11 is 1.24. The van der Waals surface area contributed by atoms with Crippen molar-refractivity contribution in [2.24, 2.45) is 0 Å². The summed E-state index contributed by atoms with van der Waals surface area (Å²) in [6.45, 7) is 0. The van der Waals surface area contributed by atoms with Gasteiger partial charge in [0.1, 0.15) is 0 Å². The van der Waals surface area contributed by atoms with Gasteiger partial charge >= 0.3 is 136 Å². The number of pyridine rings is 1. The second-order valence-electron chi connectivity index (χ2n) is 3.80. The molecule has 84 valence electrons. The normalized spacial score (nSPS) is 10.8. The van der Waals surface area contributed by atoms with E-state index in [-0.39, 0.29) is 0 Å². The van der Waals surface area contributed by atoms with E-state index in [4.69, 9.17) is 0 Å². The molecule has 0 radical (unpaired) electrons. The average Bonchev–Trinajstić information content (AvgIpc) is 3.00. The van der Waals surface area contributed by atoms with Crippen LogP contribution >= 0.6 is 0 Å². The molecule has 7 nitrogen and oxygen atoms in total. The Hall–Kier alpha value is -0.596. The number of hydrogen-bond acceptors (Lipinski definition) is 5. The molecule has 3 rings (SSSR count). The van der Waals surface area contributed by atoms with E-state index in [0.29, 0.717) is 52.1 Å². The Morgan fingerprint density at radius 1 is 1.44 bits per heavy atom. The molecule has 3 heterocycles. The molecule has 0 aliphatic rings. The first-order valence-electron chi connectivity index (χ1n) is 5.22. The summed E-state index contributed by atoms with van der Waals surface area (Å²) in [5, 5.41) is 15.1. The molecule has 0 saturated heterocycles. The molecule has 0 aliphatic carbocycles. The Bertz CT molecular complexity index is 676. The molecule has 0 spiro atoms. The maximum absolute atomic E-state index is 4.53. The van der Waals surface area contributed by atoms with Crippen LogP contribution in [0, 0.1) is 0 Å². The third-order valence-electron chi connectivity index (χ3n) is 2.61. The number of H-pyrrole nitrogens is 1. The van der Waals surface area contributed by atoms with Crippen LogP contribution in [-0.2, 0) is 6.42 Å². The summed E-state index contributed by atoms with van der Waals surface area (Å²) in [6, 6.07) is 2.05. The predicted molar refractivity (Wildman–Crippen MR) is 67.2 cm³/mol. The van der Waals surface area contributed by atoms with Crippen molar-refractivity contribution < 1.29 is 0 Å². The van der Waals surface area contributed by atoms with E-state index < -0.39 is 0 Å². The topological polar surface area (TPSA) is 84.3 Å². The fraction of sp³-hybridized carbons (Fsp3) is 0.111. The van der Waals surface area contributed by atoms with Crippen molar-refractivity contribution in [1.82, 2.24) is 28.0 Å². The molecule has 0 amide bonds. The van der Waals surface area contributed by atoms with Gasteiger partial charge in [-0.3, -0.25) is 0 Å². The van der Waals surface area contributed by atoms with Gasteiger partial charge in [0.15, 0.2) is 0 Å². The van der Waals surface area contributed by atoms with Crippen LogP contribution in [0.25, 0.3) is 11.2 Å². The van der Waals surface area contributed by atoms with Crippen molar-refractivity contribution in [1.29, 1.82) is 0 Å². The van der Waals surface area contributed by atoms with Gasteiger partial charge in [0.25, 0.3) is 0 Å². The van der Waals surface area contributed by atoms with Gasteiger partial charge in [-0.2, -0.15) is 0 Å². The summed E-state index contributed by atoms with van der Waals surface area (Å²) in [4.78, 5) is 4.53. The van der Waals surface area contributed by atoms with E-state index in [0.717, 1.165) is 34.5 Å². The molecule has 0 bridgehead atoms. The molecule has 0 aliphatic heterocycles. The molecule has 0 saturated carbocycles. The standard InChI is InChI=1S/C9H7N7.2Tl/c10-7-2-6(1-5-3-11-12-4-5)8-9(13-7)15-16-14-8;;/h2-4H,1H2,(H2-2,10,11,12,13,14,15,16);;/q-2;2*+1. The second kappa shape index (κ2) is 5.18. The van der Waals surface area contributed by atoms with Crippen LogP contribution in [0.5, 0.6) is 0 Å². The summed E-state index contributed by atoms with van der Waals surface area (Å²) in [7, 11) is 0. The molecular formula is C9H7N7Tl2. The number of anilines is 1. The van der Waals surface area contributed by atoms with E-state index in [2.05, 4.69) is 34.7 Å². The number of fused-ring (bicyclic) bond motifs is 1. The molecular weight excluding hydrogens is 615 g/mol. The van der Waals surface area contributed by atoms with Crippen molar-refractivity contribution in [2.45, 2.75) is 6.42 Å². The zero-order valence-electron chi connectivity index (χ0n) is 9.33. The minimum atomic E-state index is 0.570. The first kappa shape index (κ1) is 12.4. The van der Waals surface area contributed by atoms with Crippen LogP contribution in [0.1, 0.15) is 11.1 Å². The Morgan fingerprint density at radius 3 is 3.06 bits per heavy atom. The minimum absolute atomic E-state index is 0.570. The monoisotopic (exact) mass is 623 g/mol. The summed E-state index contributed by atoms with van der Waals surface area (Å²) in [6.07, 6.45) is 4.52. The number of nitrogens with one attached hydrogen (secondary N) is 2. The van der Waals surface area contributed by atoms with Gasteiger partial charge in [0, 0.05) is 0 Å². The van der Waals surface area contributed by atoms with Crippen LogP contribution in [0.4, 0.5) is 5.82 Å². The summed E-state index contributed by atoms with van der Waals surface area (Å²) < 4.78 is 5.10. The predicted octanol–water partition coefficient (Wildman–Crippen LogP) is -0.433. The van der Waals surface area contributed by atoms with Gasteiger partial charge in [-0.15, -0.1) is 0 Å². The first-order valence-corrected chi connectivity index (χ1v) is 9.48. The molecule has 0 fully saturated rings. The summed E-state index contributed by atoms with van der Waals surface area (Å²) in [5.41, 5.74) is 4.04. The van der Waals surface area contributed by atoms with E-state index in [1.54, 1.807) is 0 Å². The number of nitrogens with zero attached hydrogens (tertiary/aromatic N) is 5. The Labute approximate surface area is 135 Å². The third-order valence-corrected chi connectivity index (χ3v) is 5.11. The van der Waals surface area contributed by atoms with Gasteiger partial charge in [0.05, 0.1) is 0 Å². The van der Waals surface area contributed by atoms with E-state index in [1.807, 2.05) is 14.9 Å². The molecule has 9 heteroatoms. The van der Waals surface area contributed by atoms with E-state index in [1.165, 1.54) is 0 Å². The molecule has 3 aromatic rings. The fourth-order valence-electron chi connectivity index (χ4n) is 1.78. The third kappa shape index (κ3) is 2.28. The van der Waals surface area contributed by atoms with Gasteiger partial charge < -0.3 is 0 Å². The maximum atomic E-state index is 4.53. The number of hydrogen-bond donors (Lipinski definition) is 2. The molecule has 0 unspecified atom stereocenters. The Morgan fingerprint density at radius 2 is 2.33 bits per heavy atom. The second-order valence-corrected chi connectivity index (χ2v) is 6.82. The zero-order chi connectivity index (χ0) is 12.5. The molecule has 2 N–H and O–H groups in total. The first-order chi connectivity index (χ1) is 8.78. The van der Waals surface area contributed by atoms with Crippen LogP contribution in [0.2, 0.25) is 0 Å². The van der Waals surface area contributed by atoms with Crippen molar-refractivity contribution in [3.8, 4) is 0 Å². The van der Waals surface area contributed by atoms with Crippen LogP contribution in [0.3, 0.4) is 0 Å². The molecule has 18 heavy (non-hydrogen) atoms. The zero-order valence-corrected chi connectivity index (χ0v) is 18.3. The molecule has 0 atom stereocenters. The fourth-order valence-corrected chi connectivity index (χ4v) is 3.26. The molecule has 3 aromatic heterocycles. The Balaban J connectivity index is 2.14.